The quantitative estimate of drug-likeness (QED) is 0.741. The minimum Gasteiger partial charge on any atom is -0.381 e. The predicted molar refractivity (Wildman–Crippen MR) is 80.6 cm³/mol. The SMILES string of the molecule is CCCNC(CN1CC(CCC)CC1=O)C1CCOC1. The van der Waals surface area contributed by atoms with Gasteiger partial charge in [0.05, 0.1) is 6.61 Å². The van der Waals surface area contributed by atoms with Crippen LogP contribution >= 0.6 is 0 Å². The molecule has 0 bridgehead atoms. The van der Waals surface area contributed by atoms with Crippen molar-refractivity contribution in [3.05, 3.63) is 0 Å². The summed E-state index contributed by atoms with van der Waals surface area (Å²) in [5, 5.41) is 3.63. The molecule has 2 heterocycles. The molecule has 0 aromatic heterocycles. The summed E-state index contributed by atoms with van der Waals surface area (Å²) in [4.78, 5) is 14.2. The van der Waals surface area contributed by atoms with Gasteiger partial charge < -0.3 is 15.0 Å². The average Bonchev–Trinajstić information content (AvgIpc) is 3.05. The van der Waals surface area contributed by atoms with E-state index in [0.29, 0.717) is 23.8 Å². The minimum absolute atomic E-state index is 0.352. The van der Waals surface area contributed by atoms with Crippen LogP contribution in [-0.2, 0) is 9.53 Å². The third-order valence-corrected chi connectivity index (χ3v) is 4.60. The van der Waals surface area contributed by atoms with Gasteiger partial charge in [-0.25, -0.2) is 0 Å². The first-order chi connectivity index (χ1) is 9.74. The number of carbonyl (C=O) groups is 1. The number of rotatable bonds is 8. The fourth-order valence-corrected chi connectivity index (χ4v) is 3.45. The third-order valence-electron chi connectivity index (χ3n) is 4.60. The number of ether oxygens (including phenoxy) is 1. The Labute approximate surface area is 123 Å². The van der Waals surface area contributed by atoms with Crippen LogP contribution in [0.2, 0.25) is 0 Å². The Morgan fingerprint density at radius 2 is 2.25 bits per heavy atom. The molecule has 3 atom stereocenters. The summed E-state index contributed by atoms with van der Waals surface area (Å²) in [6, 6.07) is 0.404. The molecule has 116 valence electrons. The molecule has 2 fully saturated rings. The molecule has 1 N–H and O–H groups in total. The molecule has 2 saturated heterocycles. The molecule has 0 saturated carbocycles. The van der Waals surface area contributed by atoms with Crippen LogP contribution in [0, 0.1) is 11.8 Å². The number of amides is 1. The van der Waals surface area contributed by atoms with Crippen molar-refractivity contribution in [2.75, 3.05) is 32.8 Å². The van der Waals surface area contributed by atoms with E-state index >= 15 is 0 Å². The normalized spacial score (nSPS) is 28.3. The zero-order valence-electron chi connectivity index (χ0n) is 13.1. The molecular weight excluding hydrogens is 252 g/mol. The molecule has 20 heavy (non-hydrogen) atoms. The average molecular weight is 282 g/mol. The molecule has 0 spiro atoms. The van der Waals surface area contributed by atoms with Crippen molar-refractivity contribution < 1.29 is 9.53 Å². The predicted octanol–water partition coefficient (Wildman–Crippen LogP) is 2.04. The van der Waals surface area contributed by atoms with E-state index in [1.807, 2.05) is 0 Å². The summed E-state index contributed by atoms with van der Waals surface area (Å²) in [6.07, 6.45) is 5.38. The highest BCUT2D eigenvalue weighted by molar-refractivity contribution is 5.78. The number of hydrogen-bond acceptors (Lipinski definition) is 3. The molecule has 1 amide bonds. The molecule has 0 aromatic carbocycles. The smallest absolute Gasteiger partial charge is 0.222 e. The largest absolute Gasteiger partial charge is 0.381 e. The molecule has 0 radical (unpaired) electrons. The van der Waals surface area contributed by atoms with E-state index in [9.17, 15) is 4.79 Å². The highest BCUT2D eigenvalue weighted by Gasteiger charge is 2.33. The molecule has 4 heteroatoms. The lowest BCUT2D eigenvalue weighted by molar-refractivity contribution is -0.128. The van der Waals surface area contributed by atoms with Crippen LogP contribution in [0.25, 0.3) is 0 Å². The van der Waals surface area contributed by atoms with E-state index < -0.39 is 0 Å². The van der Waals surface area contributed by atoms with Crippen LogP contribution in [0.4, 0.5) is 0 Å². The molecule has 3 unspecified atom stereocenters. The summed E-state index contributed by atoms with van der Waals surface area (Å²) in [5.74, 6) is 1.50. The number of carbonyl (C=O) groups excluding carboxylic acids is 1. The van der Waals surface area contributed by atoms with Gasteiger partial charge in [0.25, 0.3) is 0 Å². The van der Waals surface area contributed by atoms with Crippen LogP contribution in [0.1, 0.15) is 46.0 Å². The molecule has 2 aliphatic heterocycles. The van der Waals surface area contributed by atoms with Crippen molar-refractivity contribution in [1.82, 2.24) is 10.2 Å². The second-order valence-corrected chi connectivity index (χ2v) is 6.34. The number of nitrogens with one attached hydrogen (secondary N) is 1. The van der Waals surface area contributed by atoms with Crippen molar-refractivity contribution >= 4 is 5.91 Å². The Morgan fingerprint density at radius 1 is 1.40 bits per heavy atom. The Hall–Kier alpha value is -0.610. The first-order valence-electron chi connectivity index (χ1n) is 8.33. The molecule has 0 aliphatic carbocycles. The maximum atomic E-state index is 12.2. The maximum absolute atomic E-state index is 12.2. The van der Waals surface area contributed by atoms with E-state index in [4.69, 9.17) is 4.74 Å². The van der Waals surface area contributed by atoms with Gasteiger partial charge in [-0.05, 0) is 31.7 Å². The van der Waals surface area contributed by atoms with Gasteiger partial charge in [-0.3, -0.25) is 4.79 Å². The number of likely N-dealkylation sites (tertiary alicyclic amines) is 1. The lowest BCUT2D eigenvalue weighted by atomic mass is 9.98. The first-order valence-corrected chi connectivity index (χ1v) is 8.33. The van der Waals surface area contributed by atoms with E-state index in [-0.39, 0.29) is 0 Å². The Kier molecular flexibility index (Phi) is 6.30. The topological polar surface area (TPSA) is 41.6 Å². The summed E-state index contributed by atoms with van der Waals surface area (Å²) >= 11 is 0. The van der Waals surface area contributed by atoms with Gasteiger partial charge in [0, 0.05) is 38.1 Å². The second-order valence-electron chi connectivity index (χ2n) is 6.34. The van der Waals surface area contributed by atoms with Gasteiger partial charge in [-0.15, -0.1) is 0 Å². The Morgan fingerprint density at radius 3 is 2.90 bits per heavy atom. The molecule has 2 aliphatic rings. The highest BCUT2D eigenvalue weighted by Crippen LogP contribution is 2.24. The molecule has 2 rings (SSSR count). The molecule has 0 aromatic rings. The van der Waals surface area contributed by atoms with E-state index in [1.165, 1.54) is 12.8 Å². The van der Waals surface area contributed by atoms with Crippen LogP contribution in [0.3, 0.4) is 0 Å². The zero-order chi connectivity index (χ0) is 14.4. The van der Waals surface area contributed by atoms with Crippen LogP contribution in [0.5, 0.6) is 0 Å². The summed E-state index contributed by atoms with van der Waals surface area (Å²) in [7, 11) is 0. The van der Waals surface area contributed by atoms with Gasteiger partial charge in [-0.1, -0.05) is 20.3 Å². The number of hydrogen-bond donors (Lipinski definition) is 1. The highest BCUT2D eigenvalue weighted by atomic mass is 16.5. The second kappa shape index (κ2) is 7.99. The van der Waals surface area contributed by atoms with Crippen LogP contribution in [0.15, 0.2) is 0 Å². The zero-order valence-corrected chi connectivity index (χ0v) is 13.1. The standard InChI is InChI=1S/C16H30N2O2/c1-3-5-13-9-16(19)18(10-13)11-15(17-7-4-2)14-6-8-20-12-14/h13-15,17H,3-12H2,1-2H3. The Bertz CT molecular complexity index is 303. The first kappa shape index (κ1) is 15.8. The van der Waals surface area contributed by atoms with Crippen molar-refractivity contribution in [2.24, 2.45) is 11.8 Å². The van der Waals surface area contributed by atoms with Crippen molar-refractivity contribution in [2.45, 2.75) is 52.0 Å². The van der Waals surface area contributed by atoms with E-state index in [2.05, 4.69) is 24.1 Å². The fraction of sp³-hybridized carbons (Fsp3) is 0.938. The third kappa shape index (κ3) is 4.19. The minimum atomic E-state index is 0.352. The summed E-state index contributed by atoms with van der Waals surface area (Å²) < 4.78 is 5.53. The van der Waals surface area contributed by atoms with Crippen molar-refractivity contribution in [1.29, 1.82) is 0 Å². The molecule has 4 nitrogen and oxygen atoms in total. The van der Waals surface area contributed by atoms with Gasteiger partial charge in [-0.2, -0.15) is 0 Å². The van der Waals surface area contributed by atoms with Gasteiger partial charge in [0.15, 0.2) is 0 Å². The maximum Gasteiger partial charge on any atom is 0.222 e. The Balaban J connectivity index is 1.87. The fourth-order valence-electron chi connectivity index (χ4n) is 3.45. The van der Waals surface area contributed by atoms with Gasteiger partial charge >= 0.3 is 0 Å². The number of nitrogens with zero attached hydrogens (tertiary/aromatic N) is 1. The van der Waals surface area contributed by atoms with Gasteiger partial charge in [0.2, 0.25) is 5.91 Å². The van der Waals surface area contributed by atoms with Crippen molar-refractivity contribution in [3.63, 3.8) is 0 Å². The van der Waals surface area contributed by atoms with Crippen molar-refractivity contribution in [3.8, 4) is 0 Å². The molecular formula is C16H30N2O2. The lowest BCUT2D eigenvalue weighted by Gasteiger charge is -2.29. The van der Waals surface area contributed by atoms with Crippen LogP contribution in [-0.4, -0.2) is 49.7 Å². The monoisotopic (exact) mass is 282 g/mol. The van der Waals surface area contributed by atoms with Crippen LogP contribution < -0.4 is 5.32 Å². The lowest BCUT2D eigenvalue weighted by Crippen LogP contribution is -2.46. The van der Waals surface area contributed by atoms with E-state index in [1.54, 1.807) is 0 Å². The van der Waals surface area contributed by atoms with Gasteiger partial charge in [0.1, 0.15) is 0 Å². The summed E-state index contributed by atoms with van der Waals surface area (Å²) in [6.45, 7) is 8.98. The van der Waals surface area contributed by atoms with E-state index in [0.717, 1.165) is 52.1 Å². The summed E-state index contributed by atoms with van der Waals surface area (Å²) in [5.41, 5.74) is 0.